The first-order valence-corrected chi connectivity index (χ1v) is 4.25. The van der Waals surface area contributed by atoms with Gasteiger partial charge in [0.1, 0.15) is 5.71 Å². The predicted octanol–water partition coefficient (Wildman–Crippen LogP) is 1.16. The maximum Gasteiger partial charge on any atom is 0.184 e. The average Bonchev–Trinajstić information content (AvgIpc) is 1.97. The Morgan fingerprint density at radius 3 is 2.08 bits per heavy atom. The molecule has 0 N–H and O–H groups in total. The van der Waals surface area contributed by atoms with Gasteiger partial charge in [-0.1, -0.05) is 0 Å². The van der Waals surface area contributed by atoms with Crippen molar-refractivity contribution >= 4 is 17.3 Å². The molecule has 0 heterocycles. The maximum absolute atomic E-state index is 11.2. The summed E-state index contributed by atoms with van der Waals surface area (Å²) in [6, 6.07) is 0.0333. The van der Waals surface area contributed by atoms with Crippen LogP contribution >= 0.6 is 0 Å². The number of hydrogen-bond acceptors (Lipinski definition) is 3. The van der Waals surface area contributed by atoms with Crippen molar-refractivity contribution in [3.8, 4) is 0 Å². The Morgan fingerprint density at radius 2 is 1.67 bits per heavy atom. The molecule has 1 fully saturated rings. The second kappa shape index (κ2) is 3.61. The fourth-order valence-corrected chi connectivity index (χ4v) is 1.20. The van der Waals surface area contributed by atoms with Crippen LogP contribution in [0.5, 0.6) is 0 Å². The van der Waals surface area contributed by atoms with Crippen LogP contribution in [0.25, 0.3) is 0 Å². The van der Waals surface area contributed by atoms with Crippen molar-refractivity contribution in [2.45, 2.75) is 39.2 Å². The van der Waals surface area contributed by atoms with Crippen LogP contribution in [-0.4, -0.2) is 23.3 Å². The summed E-state index contributed by atoms with van der Waals surface area (Å²) in [6.45, 7) is 3.73. The van der Waals surface area contributed by atoms with Crippen molar-refractivity contribution in [1.29, 1.82) is 0 Å². The number of Topliss-reactive ketones (excluding diaryl/α,β-unsaturated/α-hetero) is 2. The molecule has 0 unspecified atom stereocenters. The molecule has 0 amide bonds. The highest BCUT2D eigenvalue weighted by molar-refractivity contribution is 6.66. The lowest BCUT2D eigenvalue weighted by molar-refractivity contribution is -0.119. The average molecular weight is 167 g/mol. The van der Waals surface area contributed by atoms with E-state index in [2.05, 4.69) is 4.99 Å². The minimum atomic E-state index is -0.0834. The lowest BCUT2D eigenvalue weighted by atomic mass is 9.95. The molecule has 0 aromatic heterocycles. The van der Waals surface area contributed by atoms with E-state index in [4.69, 9.17) is 0 Å². The Bertz CT molecular complexity index is 223. The summed E-state index contributed by atoms with van der Waals surface area (Å²) in [4.78, 5) is 26.4. The summed E-state index contributed by atoms with van der Waals surface area (Å²) < 4.78 is 0. The Hall–Kier alpha value is -0.990. The number of carbonyl (C=O) groups is 2. The normalized spacial score (nSPS) is 18.8. The topological polar surface area (TPSA) is 46.5 Å². The van der Waals surface area contributed by atoms with Crippen LogP contribution in [0.1, 0.15) is 33.1 Å². The number of aliphatic imine (C=N–C) groups is 1. The molecule has 0 bridgehead atoms. The van der Waals surface area contributed by atoms with E-state index in [9.17, 15) is 9.59 Å². The van der Waals surface area contributed by atoms with Crippen LogP contribution in [0.15, 0.2) is 4.99 Å². The van der Waals surface area contributed by atoms with Gasteiger partial charge < -0.3 is 0 Å². The molecule has 0 aromatic carbocycles. The van der Waals surface area contributed by atoms with E-state index < -0.39 is 0 Å². The summed E-state index contributed by atoms with van der Waals surface area (Å²) >= 11 is 0. The molecule has 1 saturated carbocycles. The van der Waals surface area contributed by atoms with Gasteiger partial charge in [-0.2, -0.15) is 0 Å². The lowest BCUT2D eigenvalue weighted by Crippen LogP contribution is -2.29. The maximum atomic E-state index is 11.2. The second-order valence-corrected chi connectivity index (χ2v) is 3.27. The van der Waals surface area contributed by atoms with Crippen LogP contribution in [0, 0.1) is 0 Å². The van der Waals surface area contributed by atoms with Crippen molar-refractivity contribution in [1.82, 2.24) is 0 Å². The smallest absolute Gasteiger partial charge is 0.184 e. The standard InChI is InChI=1S/C9H13NO2/c1-6(2)10-9-7(11)4-3-5-8(9)12/h6H,3-5H2,1-2H3. The highest BCUT2D eigenvalue weighted by Gasteiger charge is 2.24. The molecule has 0 radical (unpaired) electrons. The molecular weight excluding hydrogens is 154 g/mol. The van der Waals surface area contributed by atoms with Gasteiger partial charge in [0.05, 0.1) is 0 Å². The molecule has 1 aliphatic carbocycles. The molecule has 12 heavy (non-hydrogen) atoms. The predicted molar refractivity (Wildman–Crippen MR) is 46.4 cm³/mol. The summed E-state index contributed by atoms with van der Waals surface area (Å²) in [5.41, 5.74) is 0.191. The van der Waals surface area contributed by atoms with Gasteiger partial charge in [0.2, 0.25) is 0 Å². The van der Waals surface area contributed by atoms with Gasteiger partial charge in [0.25, 0.3) is 0 Å². The van der Waals surface area contributed by atoms with E-state index in [0.29, 0.717) is 19.3 Å². The van der Waals surface area contributed by atoms with Crippen molar-refractivity contribution < 1.29 is 9.59 Å². The van der Waals surface area contributed by atoms with E-state index in [1.165, 1.54) is 0 Å². The summed E-state index contributed by atoms with van der Waals surface area (Å²) in [5.74, 6) is -0.167. The molecule has 66 valence electrons. The zero-order chi connectivity index (χ0) is 9.14. The minimum absolute atomic E-state index is 0.0333. The third-order valence-corrected chi connectivity index (χ3v) is 1.72. The summed E-state index contributed by atoms with van der Waals surface area (Å²) in [5, 5.41) is 0. The van der Waals surface area contributed by atoms with Gasteiger partial charge in [-0.05, 0) is 20.3 Å². The zero-order valence-electron chi connectivity index (χ0n) is 7.46. The molecule has 0 saturated heterocycles. The van der Waals surface area contributed by atoms with Crippen LogP contribution in [-0.2, 0) is 9.59 Å². The Labute approximate surface area is 71.9 Å². The zero-order valence-corrected chi connectivity index (χ0v) is 7.46. The third-order valence-electron chi connectivity index (χ3n) is 1.72. The number of nitrogens with zero attached hydrogens (tertiary/aromatic N) is 1. The van der Waals surface area contributed by atoms with Crippen molar-refractivity contribution in [2.24, 2.45) is 4.99 Å². The van der Waals surface area contributed by atoms with Crippen molar-refractivity contribution in [2.75, 3.05) is 0 Å². The van der Waals surface area contributed by atoms with Crippen LogP contribution in [0.3, 0.4) is 0 Å². The fraction of sp³-hybridized carbons (Fsp3) is 0.667. The monoisotopic (exact) mass is 167 g/mol. The minimum Gasteiger partial charge on any atom is -0.292 e. The molecular formula is C9H13NO2. The quantitative estimate of drug-likeness (QED) is 0.588. The number of carbonyl (C=O) groups excluding carboxylic acids is 2. The Kier molecular flexibility index (Phi) is 2.74. The largest absolute Gasteiger partial charge is 0.292 e. The summed E-state index contributed by atoms with van der Waals surface area (Å²) in [6.07, 6.45) is 1.66. The van der Waals surface area contributed by atoms with E-state index in [1.54, 1.807) is 0 Å². The van der Waals surface area contributed by atoms with Crippen LogP contribution in [0.4, 0.5) is 0 Å². The molecule has 0 spiro atoms. The SMILES string of the molecule is CC(C)N=C1C(=O)CCCC1=O. The molecule has 3 heteroatoms. The van der Waals surface area contributed by atoms with Crippen molar-refractivity contribution in [3.05, 3.63) is 0 Å². The third kappa shape index (κ3) is 2.00. The summed E-state index contributed by atoms with van der Waals surface area (Å²) in [7, 11) is 0. The lowest BCUT2D eigenvalue weighted by Gasteiger charge is -2.11. The first-order valence-electron chi connectivity index (χ1n) is 4.25. The molecule has 3 nitrogen and oxygen atoms in total. The van der Waals surface area contributed by atoms with Gasteiger partial charge in [0, 0.05) is 18.9 Å². The van der Waals surface area contributed by atoms with E-state index in [-0.39, 0.29) is 23.3 Å². The first-order chi connectivity index (χ1) is 5.61. The van der Waals surface area contributed by atoms with E-state index in [1.807, 2.05) is 13.8 Å². The first kappa shape index (κ1) is 9.10. The number of hydrogen-bond donors (Lipinski definition) is 0. The molecule has 0 aliphatic heterocycles. The second-order valence-electron chi connectivity index (χ2n) is 3.27. The Balaban J connectivity index is 2.83. The molecule has 1 rings (SSSR count). The fourth-order valence-electron chi connectivity index (χ4n) is 1.20. The van der Waals surface area contributed by atoms with Gasteiger partial charge in [-0.25, -0.2) is 0 Å². The van der Waals surface area contributed by atoms with E-state index in [0.717, 1.165) is 0 Å². The van der Waals surface area contributed by atoms with E-state index >= 15 is 0 Å². The van der Waals surface area contributed by atoms with Gasteiger partial charge in [-0.15, -0.1) is 0 Å². The number of rotatable bonds is 1. The highest BCUT2D eigenvalue weighted by Crippen LogP contribution is 2.09. The number of ketones is 2. The molecule has 0 atom stereocenters. The van der Waals surface area contributed by atoms with Crippen molar-refractivity contribution in [3.63, 3.8) is 0 Å². The Morgan fingerprint density at radius 1 is 1.17 bits per heavy atom. The molecule has 0 aromatic rings. The molecule has 1 aliphatic rings. The van der Waals surface area contributed by atoms with Crippen LogP contribution in [0.2, 0.25) is 0 Å². The van der Waals surface area contributed by atoms with Gasteiger partial charge >= 0.3 is 0 Å². The van der Waals surface area contributed by atoms with Gasteiger partial charge in [-0.3, -0.25) is 14.6 Å². The highest BCUT2D eigenvalue weighted by atomic mass is 16.2. The van der Waals surface area contributed by atoms with Crippen LogP contribution < -0.4 is 0 Å². The van der Waals surface area contributed by atoms with Gasteiger partial charge in [0.15, 0.2) is 11.6 Å².